The zero-order valence-corrected chi connectivity index (χ0v) is 11.4. The highest BCUT2D eigenvalue weighted by Crippen LogP contribution is 2.39. The van der Waals surface area contributed by atoms with Crippen LogP contribution in [0.15, 0.2) is 24.3 Å². The van der Waals surface area contributed by atoms with E-state index in [1.54, 1.807) is 7.11 Å². The molecule has 0 unspecified atom stereocenters. The second-order valence-electron chi connectivity index (χ2n) is 5.42. The minimum atomic E-state index is 0.0951. The summed E-state index contributed by atoms with van der Waals surface area (Å²) in [4.78, 5) is 2.23. The zero-order valence-electron chi connectivity index (χ0n) is 11.4. The number of aliphatic hydroxyl groups excluding tert-OH is 1. The lowest BCUT2D eigenvalue weighted by Gasteiger charge is -2.33. The molecule has 0 aliphatic heterocycles. The third-order valence-electron chi connectivity index (χ3n) is 4.07. The van der Waals surface area contributed by atoms with Crippen LogP contribution in [0.4, 0.5) is 5.69 Å². The summed E-state index contributed by atoms with van der Waals surface area (Å²) in [6, 6.07) is 8.09. The van der Waals surface area contributed by atoms with Crippen LogP contribution in [0.2, 0.25) is 0 Å². The van der Waals surface area contributed by atoms with E-state index >= 15 is 0 Å². The summed E-state index contributed by atoms with van der Waals surface area (Å²) in [5.74, 6) is 0.879. The highest BCUT2D eigenvalue weighted by Gasteiger charge is 2.34. The van der Waals surface area contributed by atoms with E-state index in [-0.39, 0.29) is 5.41 Å². The Morgan fingerprint density at radius 2 is 2.06 bits per heavy atom. The fourth-order valence-electron chi connectivity index (χ4n) is 2.93. The molecule has 0 aromatic heterocycles. The maximum atomic E-state index is 9.66. The number of anilines is 1. The van der Waals surface area contributed by atoms with Gasteiger partial charge in [0.1, 0.15) is 5.75 Å². The van der Waals surface area contributed by atoms with Gasteiger partial charge < -0.3 is 14.7 Å². The van der Waals surface area contributed by atoms with Crippen molar-refractivity contribution in [1.82, 2.24) is 0 Å². The van der Waals surface area contributed by atoms with Gasteiger partial charge in [-0.15, -0.1) is 0 Å². The molecule has 1 aromatic rings. The molecule has 2 rings (SSSR count). The molecule has 1 aromatic carbocycles. The molecule has 1 N–H and O–H groups in total. The van der Waals surface area contributed by atoms with E-state index in [0.717, 1.165) is 30.8 Å². The molecule has 3 heteroatoms. The number of nitrogens with zero attached hydrogens (tertiary/aromatic N) is 1. The zero-order chi connectivity index (χ0) is 13.0. The van der Waals surface area contributed by atoms with E-state index in [1.807, 2.05) is 18.2 Å². The van der Waals surface area contributed by atoms with Crippen LogP contribution in [0.5, 0.6) is 5.75 Å². The summed E-state index contributed by atoms with van der Waals surface area (Å²) in [6.07, 6.45) is 4.76. The summed E-state index contributed by atoms with van der Waals surface area (Å²) < 4.78 is 5.25. The van der Waals surface area contributed by atoms with Gasteiger partial charge in [0, 0.05) is 30.8 Å². The third-order valence-corrected chi connectivity index (χ3v) is 4.07. The van der Waals surface area contributed by atoms with Gasteiger partial charge in [-0.2, -0.15) is 0 Å². The normalized spacial score (nSPS) is 17.7. The van der Waals surface area contributed by atoms with Gasteiger partial charge in [0.25, 0.3) is 0 Å². The van der Waals surface area contributed by atoms with Crippen molar-refractivity contribution in [3.63, 3.8) is 0 Å². The lowest BCUT2D eigenvalue weighted by molar-refractivity contribution is 0.137. The molecule has 1 saturated carbocycles. The first kappa shape index (κ1) is 13.2. The van der Waals surface area contributed by atoms with Crippen LogP contribution in [0.1, 0.15) is 25.7 Å². The number of hydrogen-bond acceptors (Lipinski definition) is 3. The van der Waals surface area contributed by atoms with Crippen molar-refractivity contribution in [2.24, 2.45) is 5.41 Å². The van der Waals surface area contributed by atoms with Crippen molar-refractivity contribution < 1.29 is 9.84 Å². The summed E-state index contributed by atoms with van der Waals surface area (Å²) in [5, 5.41) is 9.66. The minimum absolute atomic E-state index is 0.0951. The van der Waals surface area contributed by atoms with E-state index in [9.17, 15) is 5.11 Å². The van der Waals surface area contributed by atoms with Crippen molar-refractivity contribution in [2.45, 2.75) is 25.7 Å². The van der Waals surface area contributed by atoms with Crippen molar-refractivity contribution >= 4 is 5.69 Å². The summed E-state index contributed by atoms with van der Waals surface area (Å²) in [6.45, 7) is 1.21. The number of methoxy groups -OCH3 is 1. The van der Waals surface area contributed by atoms with Crippen molar-refractivity contribution in [3.8, 4) is 5.75 Å². The smallest absolute Gasteiger partial charge is 0.120 e. The molecule has 1 aliphatic carbocycles. The van der Waals surface area contributed by atoms with E-state index in [4.69, 9.17) is 4.74 Å². The monoisotopic (exact) mass is 249 g/mol. The Kier molecular flexibility index (Phi) is 4.12. The van der Waals surface area contributed by atoms with Crippen LogP contribution in [0.25, 0.3) is 0 Å². The maximum Gasteiger partial charge on any atom is 0.120 e. The molecule has 0 amide bonds. The fourth-order valence-corrected chi connectivity index (χ4v) is 2.93. The molecule has 18 heavy (non-hydrogen) atoms. The second-order valence-corrected chi connectivity index (χ2v) is 5.42. The first-order chi connectivity index (χ1) is 8.69. The van der Waals surface area contributed by atoms with Crippen molar-refractivity contribution in [2.75, 3.05) is 32.2 Å². The second kappa shape index (κ2) is 5.61. The Hall–Kier alpha value is -1.22. The number of ether oxygens (including phenoxy) is 1. The van der Waals surface area contributed by atoms with E-state index < -0.39 is 0 Å². The van der Waals surface area contributed by atoms with E-state index in [1.165, 1.54) is 12.8 Å². The average molecular weight is 249 g/mol. The summed E-state index contributed by atoms with van der Waals surface area (Å²) >= 11 is 0. The number of benzene rings is 1. The number of rotatable bonds is 5. The maximum absolute atomic E-state index is 9.66. The van der Waals surface area contributed by atoms with Crippen molar-refractivity contribution in [1.29, 1.82) is 0 Å². The van der Waals surface area contributed by atoms with Crippen LogP contribution < -0.4 is 9.64 Å². The quantitative estimate of drug-likeness (QED) is 0.871. The predicted octanol–water partition coefficient (Wildman–Crippen LogP) is 2.68. The Bertz CT molecular complexity index is 386. The third kappa shape index (κ3) is 2.78. The molecule has 0 saturated heterocycles. The molecule has 0 radical (unpaired) electrons. The summed E-state index contributed by atoms with van der Waals surface area (Å²) in [7, 11) is 3.77. The van der Waals surface area contributed by atoms with Crippen molar-refractivity contribution in [3.05, 3.63) is 24.3 Å². The Morgan fingerprint density at radius 3 is 2.67 bits per heavy atom. The highest BCUT2D eigenvalue weighted by molar-refractivity contribution is 5.50. The standard InChI is InChI=1S/C15H23NO2/c1-16(11-15(12-17)8-3-4-9-15)13-6-5-7-14(10-13)18-2/h5-7,10,17H,3-4,8-9,11-12H2,1-2H3. The topological polar surface area (TPSA) is 32.7 Å². The molecule has 0 spiro atoms. The Balaban J connectivity index is 2.08. The SMILES string of the molecule is COc1cccc(N(C)CC2(CO)CCCC2)c1. The predicted molar refractivity (Wildman–Crippen MR) is 74.3 cm³/mol. The van der Waals surface area contributed by atoms with Gasteiger partial charge in [-0.1, -0.05) is 18.9 Å². The average Bonchev–Trinajstić information content (AvgIpc) is 2.88. The van der Waals surface area contributed by atoms with Gasteiger partial charge in [0.15, 0.2) is 0 Å². The number of hydrogen-bond donors (Lipinski definition) is 1. The fraction of sp³-hybridized carbons (Fsp3) is 0.600. The molecular weight excluding hydrogens is 226 g/mol. The first-order valence-corrected chi connectivity index (χ1v) is 6.65. The lowest BCUT2D eigenvalue weighted by Crippen LogP contribution is -2.36. The number of aliphatic hydroxyl groups is 1. The molecule has 3 nitrogen and oxygen atoms in total. The molecule has 0 heterocycles. The largest absolute Gasteiger partial charge is 0.497 e. The van der Waals surface area contributed by atoms with Gasteiger partial charge in [-0.3, -0.25) is 0 Å². The van der Waals surface area contributed by atoms with Crippen LogP contribution in [0, 0.1) is 5.41 Å². The minimum Gasteiger partial charge on any atom is -0.497 e. The lowest BCUT2D eigenvalue weighted by atomic mass is 9.86. The molecule has 1 aliphatic rings. The molecule has 0 atom stereocenters. The van der Waals surface area contributed by atoms with Crippen LogP contribution in [0.3, 0.4) is 0 Å². The molecule has 0 bridgehead atoms. The van der Waals surface area contributed by atoms with E-state index in [2.05, 4.69) is 18.0 Å². The molecular formula is C15H23NO2. The van der Waals surface area contributed by atoms with Gasteiger partial charge in [-0.25, -0.2) is 0 Å². The van der Waals surface area contributed by atoms with Gasteiger partial charge in [0.2, 0.25) is 0 Å². The first-order valence-electron chi connectivity index (χ1n) is 6.65. The van der Waals surface area contributed by atoms with Gasteiger partial charge in [0.05, 0.1) is 13.7 Å². The Labute approximate surface area is 109 Å². The van der Waals surface area contributed by atoms with E-state index in [0.29, 0.717) is 6.61 Å². The Morgan fingerprint density at radius 1 is 1.33 bits per heavy atom. The summed E-state index contributed by atoms with van der Waals surface area (Å²) in [5.41, 5.74) is 1.24. The van der Waals surface area contributed by atoms with Crippen LogP contribution >= 0.6 is 0 Å². The highest BCUT2D eigenvalue weighted by atomic mass is 16.5. The van der Waals surface area contributed by atoms with Crippen LogP contribution in [-0.2, 0) is 0 Å². The van der Waals surface area contributed by atoms with Gasteiger partial charge in [-0.05, 0) is 25.0 Å². The molecule has 100 valence electrons. The van der Waals surface area contributed by atoms with Gasteiger partial charge >= 0.3 is 0 Å². The molecule has 1 fully saturated rings. The van der Waals surface area contributed by atoms with Crippen LogP contribution in [-0.4, -0.2) is 32.4 Å².